The van der Waals surface area contributed by atoms with Crippen molar-refractivity contribution >= 4 is 11.8 Å². The molecule has 2 N–H and O–H groups in total. The first-order chi connectivity index (χ1) is 13.1. The average molecular weight is 368 g/mol. The van der Waals surface area contributed by atoms with Gasteiger partial charge in [-0.05, 0) is 17.7 Å². The second kappa shape index (κ2) is 8.61. The van der Waals surface area contributed by atoms with Crippen LogP contribution < -0.4 is 15.6 Å². The fourth-order valence-corrected chi connectivity index (χ4v) is 2.28. The molecule has 0 saturated carbocycles. The number of rotatable bonds is 6. The number of aromatic nitrogens is 2. The first kappa shape index (κ1) is 18.1. The SMILES string of the molecule is O=C(COc1ccccc1F)NNC(=O)c1cnn(Cc2ccccc2)c1. The van der Waals surface area contributed by atoms with Crippen LogP contribution in [0, 0.1) is 5.82 Å². The van der Waals surface area contributed by atoms with Crippen molar-refractivity contribution in [2.45, 2.75) is 6.54 Å². The quantitative estimate of drug-likeness (QED) is 0.651. The van der Waals surface area contributed by atoms with Gasteiger partial charge in [-0.25, -0.2) is 4.39 Å². The van der Waals surface area contributed by atoms with Gasteiger partial charge in [0.1, 0.15) is 0 Å². The molecule has 0 bridgehead atoms. The van der Waals surface area contributed by atoms with Crippen molar-refractivity contribution in [3.63, 3.8) is 0 Å². The lowest BCUT2D eigenvalue weighted by Gasteiger charge is -2.08. The predicted molar refractivity (Wildman–Crippen MR) is 95.3 cm³/mol. The Hall–Kier alpha value is -3.68. The molecule has 2 amide bonds. The third kappa shape index (κ3) is 5.15. The van der Waals surface area contributed by atoms with Crippen molar-refractivity contribution in [1.82, 2.24) is 20.6 Å². The molecule has 0 saturated heterocycles. The first-order valence-electron chi connectivity index (χ1n) is 8.15. The normalized spacial score (nSPS) is 10.3. The van der Waals surface area contributed by atoms with Gasteiger partial charge in [-0.2, -0.15) is 5.10 Å². The van der Waals surface area contributed by atoms with E-state index in [9.17, 15) is 14.0 Å². The highest BCUT2D eigenvalue weighted by molar-refractivity contribution is 5.95. The van der Waals surface area contributed by atoms with E-state index in [0.29, 0.717) is 12.1 Å². The molecule has 3 aromatic rings. The fourth-order valence-electron chi connectivity index (χ4n) is 2.28. The van der Waals surface area contributed by atoms with Crippen molar-refractivity contribution in [1.29, 1.82) is 0 Å². The molecule has 0 spiro atoms. The molecule has 138 valence electrons. The Labute approximate surface area is 154 Å². The van der Waals surface area contributed by atoms with Crippen molar-refractivity contribution in [2.75, 3.05) is 6.61 Å². The standard InChI is InChI=1S/C19H17FN4O3/c20-16-8-4-5-9-17(16)27-13-18(25)22-23-19(26)15-10-21-24(12-15)11-14-6-2-1-3-7-14/h1-10,12H,11,13H2,(H,22,25)(H,23,26). The average Bonchev–Trinajstić information content (AvgIpc) is 3.15. The minimum atomic E-state index is -0.622. The Bertz CT molecular complexity index is 927. The van der Waals surface area contributed by atoms with E-state index in [4.69, 9.17) is 4.74 Å². The molecule has 27 heavy (non-hydrogen) atoms. The van der Waals surface area contributed by atoms with E-state index in [1.165, 1.54) is 24.4 Å². The summed E-state index contributed by atoms with van der Waals surface area (Å²) in [6.45, 7) is 0.0887. The molecule has 0 aliphatic carbocycles. The molecule has 0 aliphatic rings. The van der Waals surface area contributed by atoms with E-state index < -0.39 is 24.2 Å². The van der Waals surface area contributed by atoms with Gasteiger partial charge in [0.15, 0.2) is 18.2 Å². The third-order valence-corrected chi connectivity index (χ3v) is 3.59. The number of carbonyl (C=O) groups excluding carboxylic acids is 2. The topological polar surface area (TPSA) is 85.2 Å². The minimum Gasteiger partial charge on any atom is -0.481 e. The lowest BCUT2D eigenvalue weighted by Crippen LogP contribution is -2.43. The van der Waals surface area contributed by atoms with Gasteiger partial charge in [-0.1, -0.05) is 42.5 Å². The third-order valence-electron chi connectivity index (χ3n) is 3.59. The number of hydrogen-bond donors (Lipinski definition) is 2. The van der Waals surface area contributed by atoms with Gasteiger partial charge < -0.3 is 4.74 Å². The van der Waals surface area contributed by atoms with E-state index in [-0.39, 0.29) is 5.75 Å². The highest BCUT2D eigenvalue weighted by atomic mass is 19.1. The molecule has 1 aromatic heterocycles. The number of nitrogens with zero attached hydrogens (tertiary/aromatic N) is 2. The van der Waals surface area contributed by atoms with E-state index in [2.05, 4.69) is 16.0 Å². The largest absolute Gasteiger partial charge is 0.481 e. The van der Waals surface area contributed by atoms with Crippen LogP contribution in [0.15, 0.2) is 67.0 Å². The molecule has 1 heterocycles. The van der Waals surface area contributed by atoms with Gasteiger partial charge in [-0.15, -0.1) is 0 Å². The first-order valence-corrected chi connectivity index (χ1v) is 8.15. The molecule has 0 atom stereocenters. The highest BCUT2D eigenvalue weighted by Crippen LogP contribution is 2.14. The molecule has 8 heteroatoms. The van der Waals surface area contributed by atoms with E-state index in [1.54, 1.807) is 16.9 Å². The fraction of sp³-hybridized carbons (Fsp3) is 0.105. The molecule has 0 unspecified atom stereocenters. The van der Waals surface area contributed by atoms with Crippen LogP contribution in [0.1, 0.15) is 15.9 Å². The molecule has 0 aliphatic heterocycles. The highest BCUT2D eigenvalue weighted by Gasteiger charge is 2.11. The molecule has 2 aromatic carbocycles. The van der Waals surface area contributed by atoms with Crippen LogP contribution in [0.2, 0.25) is 0 Å². The summed E-state index contributed by atoms with van der Waals surface area (Å²) in [7, 11) is 0. The maximum Gasteiger partial charge on any atom is 0.276 e. The summed E-state index contributed by atoms with van der Waals surface area (Å²) in [5.74, 6) is -1.75. The maximum absolute atomic E-state index is 13.4. The molecule has 7 nitrogen and oxygen atoms in total. The number of amides is 2. The van der Waals surface area contributed by atoms with E-state index in [0.717, 1.165) is 5.56 Å². The lowest BCUT2D eigenvalue weighted by atomic mass is 10.2. The Morgan fingerprint density at radius 2 is 1.78 bits per heavy atom. The van der Waals surface area contributed by atoms with Crippen molar-refractivity contribution in [2.24, 2.45) is 0 Å². The van der Waals surface area contributed by atoms with Crippen LogP contribution in [0.4, 0.5) is 4.39 Å². The second-order valence-electron chi connectivity index (χ2n) is 5.63. The number of halogens is 1. The summed E-state index contributed by atoms with van der Waals surface area (Å²) < 4.78 is 20.1. The summed E-state index contributed by atoms with van der Waals surface area (Å²) in [6, 6.07) is 15.4. The summed E-state index contributed by atoms with van der Waals surface area (Å²) >= 11 is 0. The number of carbonyl (C=O) groups is 2. The summed E-state index contributed by atoms with van der Waals surface area (Å²) in [6.07, 6.45) is 2.98. The molecular formula is C19H17FN4O3. The molecule has 0 radical (unpaired) electrons. The van der Waals surface area contributed by atoms with E-state index >= 15 is 0 Å². The number of benzene rings is 2. The van der Waals surface area contributed by atoms with Crippen LogP contribution in [-0.4, -0.2) is 28.2 Å². The van der Waals surface area contributed by atoms with Crippen molar-refractivity contribution < 1.29 is 18.7 Å². The van der Waals surface area contributed by atoms with Crippen LogP contribution in [0.25, 0.3) is 0 Å². The minimum absolute atomic E-state index is 0.0406. The van der Waals surface area contributed by atoms with Crippen LogP contribution in [0.3, 0.4) is 0 Å². The van der Waals surface area contributed by atoms with Crippen molar-refractivity contribution in [3.05, 3.63) is 83.9 Å². The Morgan fingerprint density at radius 3 is 2.56 bits per heavy atom. The van der Waals surface area contributed by atoms with Gasteiger partial charge in [0, 0.05) is 6.20 Å². The number of para-hydroxylation sites is 1. The van der Waals surface area contributed by atoms with Crippen LogP contribution >= 0.6 is 0 Å². The molecule has 0 fully saturated rings. The van der Waals surface area contributed by atoms with Gasteiger partial charge in [0.05, 0.1) is 18.3 Å². The number of hydrazine groups is 1. The van der Waals surface area contributed by atoms with Gasteiger partial charge in [-0.3, -0.25) is 25.1 Å². The zero-order valence-electron chi connectivity index (χ0n) is 14.3. The number of hydrogen-bond acceptors (Lipinski definition) is 4. The predicted octanol–water partition coefficient (Wildman–Crippen LogP) is 1.91. The summed E-state index contributed by atoms with van der Waals surface area (Å²) in [5.41, 5.74) is 5.81. The van der Waals surface area contributed by atoms with Gasteiger partial charge in [0.2, 0.25) is 0 Å². The second-order valence-corrected chi connectivity index (χ2v) is 5.63. The van der Waals surface area contributed by atoms with Crippen LogP contribution in [0.5, 0.6) is 5.75 Å². The maximum atomic E-state index is 13.4. The zero-order chi connectivity index (χ0) is 19.1. The lowest BCUT2D eigenvalue weighted by molar-refractivity contribution is -0.123. The van der Waals surface area contributed by atoms with Gasteiger partial charge in [0.25, 0.3) is 11.8 Å². The molecular weight excluding hydrogens is 351 g/mol. The van der Waals surface area contributed by atoms with E-state index in [1.807, 2.05) is 30.3 Å². The Balaban J connectivity index is 1.46. The van der Waals surface area contributed by atoms with Gasteiger partial charge >= 0.3 is 0 Å². The number of ether oxygens (including phenoxy) is 1. The summed E-state index contributed by atoms with van der Waals surface area (Å²) in [4.78, 5) is 23.8. The monoisotopic (exact) mass is 368 g/mol. The number of nitrogens with one attached hydrogen (secondary N) is 2. The zero-order valence-corrected chi connectivity index (χ0v) is 14.3. The van der Waals surface area contributed by atoms with Crippen LogP contribution in [-0.2, 0) is 11.3 Å². The Morgan fingerprint density at radius 1 is 1.04 bits per heavy atom. The smallest absolute Gasteiger partial charge is 0.276 e. The Kier molecular flexibility index (Phi) is 5.78. The molecule has 3 rings (SSSR count). The summed E-state index contributed by atoms with van der Waals surface area (Å²) in [5, 5.41) is 4.12. The van der Waals surface area contributed by atoms with Crippen molar-refractivity contribution in [3.8, 4) is 5.75 Å².